The Morgan fingerprint density at radius 1 is 0.919 bits per heavy atom. The average molecular weight is 551 g/mol. The van der Waals surface area contributed by atoms with E-state index in [1.807, 2.05) is 0 Å². The van der Waals surface area contributed by atoms with Gasteiger partial charge in [0.15, 0.2) is 5.78 Å². The Morgan fingerprint density at radius 2 is 1.49 bits per heavy atom. The van der Waals surface area contributed by atoms with Crippen LogP contribution in [0.25, 0.3) is 0 Å². The molecule has 2 atom stereocenters. The van der Waals surface area contributed by atoms with Crippen molar-refractivity contribution >= 4 is 49.1 Å². The Labute approximate surface area is 222 Å². The second kappa shape index (κ2) is 12.4. The lowest BCUT2D eigenvalue weighted by atomic mass is 10.2. The third kappa shape index (κ3) is 7.25. The van der Waals surface area contributed by atoms with E-state index >= 15 is 0 Å². The first-order chi connectivity index (χ1) is 17.2. The molecule has 37 heavy (non-hydrogen) atoms. The molecule has 0 bridgehead atoms. The zero-order chi connectivity index (χ0) is 25.7. The first kappa shape index (κ1) is 28.5. The summed E-state index contributed by atoms with van der Waals surface area (Å²) < 4.78 is 26.6. The van der Waals surface area contributed by atoms with E-state index in [2.05, 4.69) is 16.0 Å². The summed E-state index contributed by atoms with van der Waals surface area (Å²) in [5.41, 5.74) is 0.961. The Kier molecular flexibility index (Phi) is 9.59. The van der Waals surface area contributed by atoms with Crippen LogP contribution in [0.4, 0.5) is 11.4 Å². The normalized spacial score (nSPS) is 19.0. The van der Waals surface area contributed by atoms with E-state index in [9.17, 15) is 18.9 Å². The number of likely N-dealkylation sites (tertiary alicyclic amines) is 1. The predicted octanol–water partition coefficient (Wildman–Crippen LogP) is 4.38. The van der Waals surface area contributed by atoms with E-state index < -0.39 is 13.4 Å². The van der Waals surface area contributed by atoms with Gasteiger partial charge in [-0.1, -0.05) is 12.1 Å². The van der Waals surface area contributed by atoms with Crippen molar-refractivity contribution in [1.82, 2.24) is 10.2 Å². The summed E-state index contributed by atoms with van der Waals surface area (Å²) in [6.45, 7) is 4.01. The molecule has 0 aliphatic carbocycles. The van der Waals surface area contributed by atoms with Crippen LogP contribution in [0.3, 0.4) is 0 Å². The largest absolute Gasteiger partial charge is 0.453 e. The third-order valence-electron chi connectivity index (χ3n) is 6.00. The van der Waals surface area contributed by atoms with Gasteiger partial charge in [0.2, 0.25) is 17.7 Å². The molecule has 2 saturated heterocycles. The maximum Gasteiger partial charge on any atom is 0.453 e. The summed E-state index contributed by atoms with van der Waals surface area (Å²) >= 11 is 0. The Bertz CT molecular complexity index is 1120. The number of amides is 3. The van der Waals surface area contributed by atoms with Crippen LogP contribution in [0.1, 0.15) is 39.5 Å². The number of benzene rings is 2. The summed E-state index contributed by atoms with van der Waals surface area (Å²) in [6.07, 6.45) is 2.75. The van der Waals surface area contributed by atoms with E-state index in [0.29, 0.717) is 30.8 Å². The lowest BCUT2D eigenvalue weighted by Crippen LogP contribution is -2.46. The molecule has 3 amide bonds. The van der Waals surface area contributed by atoms with Gasteiger partial charge in [0, 0.05) is 43.9 Å². The molecule has 2 heterocycles. The number of hydrogen-bond donors (Lipinski definition) is 3. The Balaban J connectivity index is 0.00000380. The fourth-order valence-electron chi connectivity index (χ4n) is 4.53. The summed E-state index contributed by atoms with van der Waals surface area (Å²) in [5.74, 6) is -0.930. The van der Waals surface area contributed by atoms with Gasteiger partial charge in [0.1, 0.15) is 11.5 Å². The van der Waals surface area contributed by atoms with E-state index in [1.54, 1.807) is 53.4 Å². The Hall–Kier alpha value is -3.07. The molecule has 0 spiro atoms. The molecular weight excluding hydrogens is 519 g/mol. The molecule has 3 N–H and O–H groups in total. The van der Waals surface area contributed by atoms with E-state index in [-0.39, 0.29) is 47.7 Å². The summed E-state index contributed by atoms with van der Waals surface area (Å²) in [4.78, 5) is 37.9. The highest BCUT2D eigenvalue weighted by atomic mass is 35.5. The second-order valence-electron chi connectivity index (χ2n) is 8.94. The van der Waals surface area contributed by atoms with E-state index in [0.717, 1.165) is 19.4 Å². The number of rotatable bonds is 8. The van der Waals surface area contributed by atoms with Crippen LogP contribution >= 0.6 is 20.0 Å². The first-order valence-electron chi connectivity index (χ1n) is 12.0. The maximum atomic E-state index is 14.5. The van der Waals surface area contributed by atoms with Crippen LogP contribution < -0.4 is 25.0 Å². The van der Waals surface area contributed by atoms with Gasteiger partial charge in [-0.25, -0.2) is 4.57 Å². The highest BCUT2D eigenvalue weighted by molar-refractivity contribution is 7.55. The first-order valence-corrected chi connectivity index (χ1v) is 13.6. The molecule has 2 aromatic rings. The van der Waals surface area contributed by atoms with Crippen molar-refractivity contribution in [3.05, 3.63) is 48.5 Å². The highest BCUT2D eigenvalue weighted by Crippen LogP contribution is 2.57. The van der Waals surface area contributed by atoms with Gasteiger partial charge in [-0.3, -0.25) is 14.4 Å². The number of anilines is 2. The van der Waals surface area contributed by atoms with Gasteiger partial charge < -0.3 is 29.9 Å². The molecule has 2 aliphatic heterocycles. The van der Waals surface area contributed by atoms with Crippen LogP contribution in [0.5, 0.6) is 11.5 Å². The fourth-order valence-corrected chi connectivity index (χ4v) is 6.70. The SMILES string of the molecule is CC(=O)Nc1cccc(OP(=O)(Oc2cccc(NC(C)=O)c2)[C@@H]2CCCN2C(=O)[C@@H]2CCCN2)c1.Cl. The van der Waals surface area contributed by atoms with Gasteiger partial charge in [-0.05, 0) is 56.5 Å². The van der Waals surface area contributed by atoms with Gasteiger partial charge in [0.05, 0.1) is 6.04 Å². The summed E-state index contributed by atoms with van der Waals surface area (Å²) in [6, 6.07) is 12.8. The average Bonchev–Trinajstić information content (AvgIpc) is 3.51. The van der Waals surface area contributed by atoms with Crippen molar-refractivity contribution in [3.63, 3.8) is 0 Å². The topological polar surface area (TPSA) is 126 Å². The lowest BCUT2D eigenvalue weighted by molar-refractivity contribution is -0.132. The van der Waals surface area contributed by atoms with Gasteiger partial charge in [0.25, 0.3) is 0 Å². The maximum absolute atomic E-state index is 14.5. The molecule has 0 saturated carbocycles. The molecule has 0 aromatic heterocycles. The minimum atomic E-state index is -4.02. The molecule has 0 radical (unpaired) electrons. The molecule has 10 nitrogen and oxygen atoms in total. The number of carbonyl (C=O) groups is 3. The van der Waals surface area contributed by atoms with Gasteiger partial charge in [-0.2, -0.15) is 0 Å². The summed E-state index contributed by atoms with van der Waals surface area (Å²) in [5, 5.41) is 8.57. The molecule has 0 unspecified atom stereocenters. The van der Waals surface area contributed by atoms with Crippen LogP contribution in [-0.2, 0) is 18.9 Å². The van der Waals surface area contributed by atoms with Crippen LogP contribution in [0.2, 0.25) is 0 Å². The lowest BCUT2D eigenvalue weighted by Gasteiger charge is -2.32. The molecule has 200 valence electrons. The van der Waals surface area contributed by atoms with Crippen molar-refractivity contribution < 1.29 is 28.0 Å². The van der Waals surface area contributed by atoms with Gasteiger partial charge >= 0.3 is 7.60 Å². The molecule has 12 heteroatoms. The quantitative estimate of drug-likeness (QED) is 0.416. The monoisotopic (exact) mass is 550 g/mol. The fraction of sp³-hybridized carbons (Fsp3) is 0.400. The number of halogens is 1. The van der Waals surface area contributed by atoms with Crippen LogP contribution in [0, 0.1) is 0 Å². The highest BCUT2D eigenvalue weighted by Gasteiger charge is 2.49. The van der Waals surface area contributed by atoms with E-state index in [1.165, 1.54) is 13.8 Å². The number of nitrogens with zero attached hydrogens (tertiary/aromatic N) is 1. The minimum Gasteiger partial charge on any atom is -0.415 e. The zero-order valence-corrected chi connectivity index (χ0v) is 22.5. The van der Waals surface area contributed by atoms with Crippen LogP contribution in [0.15, 0.2) is 48.5 Å². The molecule has 4 rings (SSSR count). The standard InChI is InChI=1S/C25H31N4O6P.ClH/c1-17(30)27-19-7-3-9-21(15-19)34-36(33,35-22-10-4-8-20(16-22)28-18(2)31)24-12-6-14-29(24)25(32)23-11-5-13-26-23;/h3-4,7-10,15-16,23-24,26H,5-6,11-14H2,1-2H3,(H,27,30)(H,28,31);1H/t23-,24+;/m0./s1. The van der Waals surface area contributed by atoms with Gasteiger partial charge in [-0.15, -0.1) is 12.4 Å². The molecule has 2 fully saturated rings. The molecule has 2 aromatic carbocycles. The Morgan fingerprint density at radius 3 is 1.97 bits per heavy atom. The number of hydrogen-bond acceptors (Lipinski definition) is 7. The van der Waals surface area contributed by atoms with Crippen molar-refractivity contribution in [2.75, 3.05) is 23.7 Å². The van der Waals surface area contributed by atoms with E-state index in [4.69, 9.17) is 9.05 Å². The van der Waals surface area contributed by atoms with Crippen molar-refractivity contribution in [2.45, 2.75) is 51.4 Å². The van der Waals surface area contributed by atoms with Crippen LogP contribution in [-0.4, -0.2) is 47.5 Å². The second-order valence-corrected chi connectivity index (χ2v) is 11.0. The van der Waals surface area contributed by atoms with Crippen molar-refractivity contribution in [2.24, 2.45) is 0 Å². The molecule has 2 aliphatic rings. The van der Waals surface area contributed by atoms with Crippen molar-refractivity contribution in [1.29, 1.82) is 0 Å². The smallest absolute Gasteiger partial charge is 0.415 e. The summed E-state index contributed by atoms with van der Waals surface area (Å²) in [7, 11) is -4.02. The minimum absolute atomic E-state index is 0. The van der Waals surface area contributed by atoms with Crippen molar-refractivity contribution in [3.8, 4) is 11.5 Å². The number of carbonyl (C=O) groups excluding carboxylic acids is 3. The third-order valence-corrected chi connectivity index (χ3v) is 8.20. The number of nitrogens with one attached hydrogen (secondary N) is 3. The predicted molar refractivity (Wildman–Crippen MR) is 143 cm³/mol. The zero-order valence-electron chi connectivity index (χ0n) is 20.8. The molecular formula is C25H32ClN4O6P.